The molecule has 0 fully saturated rings. The van der Waals surface area contributed by atoms with Crippen molar-refractivity contribution in [2.24, 2.45) is 0 Å². The van der Waals surface area contributed by atoms with Crippen molar-refractivity contribution in [3.05, 3.63) is 41.0 Å². The average Bonchev–Trinajstić information content (AvgIpc) is 2.53. The molecule has 16 heavy (non-hydrogen) atoms. The molecule has 0 aliphatic carbocycles. The molecule has 0 spiro atoms. The van der Waals surface area contributed by atoms with E-state index < -0.39 is 11.7 Å². The lowest BCUT2D eigenvalue weighted by Gasteiger charge is -2.04. The number of allylic oxidation sites excluding steroid dienone is 2. The van der Waals surface area contributed by atoms with E-state index in [0.717, 1.165) is 12.0 Å². The number of Topliss-reactive ketones (excluding diaryl/α,β-unsaturated/α-hetero) is 1. The predicted octanol–water partition coefficient (Wildman–Crippen LogP) is 2.33. The van der Waals surface area contributed by atoms with E-state index in [-0.39, 0.29) is 0 Å². The largest absolute Gasteiger partial charge is 0.318 e. The Labute approximate surface area is 94.2 Å². The van der Waals surface area contributed by atoms with Crippen molar-refractivity contribution in [2.75, 3.05) is 5.32 Å². The summed E-state index contributed by atoms with van der Waals surface area (Å²) in [4.78, 5) is 22.7. The van der Waals surface area contributed by atoms with E-state index in [2.05, 4.69) is 11.4 Å². The van der Waals surface area contributed by atoms with Crippen LogP contribution in [0.1, 0.15) is 29.8 Å². The van der Waals surface area contributed by atoms with Crippen LogP contribution >= 0.6 is 0 Å². The van der Waals surface area contributed by atoms with E-state index in [1.54, 1.807) is 6.07 Å². The maximum absolute atomic E-state index is 11.5. The molecule has 1 aliphatic rings. The number of para-hydroxylation sites is 1. The Balaban J connectivity index is 2.40. The molecule has 3 nitrogen and oxygen atoms in total. The normalized spacial score (nSPS) is 13.4. The van der Waals surface area contributed by atoms with Gasteiger partial charge in [-0.2, -0.15) is 0 Å². The van der Waals surface area contributed by atoms with Gasteiger partial charge in [0.25, 0.3) is 11.7 Å². The molecule has 3 heteroatoms. The molecule has 0 saturated heterocycles. The number of fused-ring (bicyclic) bond motifs is 1. The van der Waals surface area contributed by atoms with Crippen molar-refractivity contribution in [2.45, 2.75) is 20.3 Å². The van der Waals surface area contributed by atoms with Crippen molar-refractivity contribution in [3.63, 3.8) is 0 Å². The fraction of sp³-hybridized carbons (Fsp3) is 0.231. The molecule has 1 aliphatic heterocycles. The highest BCUT2D eigenvalue weighted by Crippen LogP contribution is 2.27. The Morgan fingerprint density at radius 3 is 2.75 bits per heavy atom. The van der Waals surface area contributed by atoms with Crippen LogP contribution in [0.5, 0.6) is 0 Å². The molecule has 0 saturated carbocycles. The van der Waals surface area contributed by atoms with Gasteiger partial charge in [0.1, 0.15) is 0 Å². The fourth-order valence-electron chi connectivity index (χ4n) is 1.71. The van der Waals surface area contributed by atoms with Gasteiger partial charge in [0.15, 0.2) is 0 Å². The lowest BCUT2D eigenvalue weighted by atomic mass is 10.0. The van der Waals surface area contributed by atoms with E-state index in [9.17, 15) is 9.59 Å². The second-order valence-electron chi connectivity index (χ2n) is 4.11. The van der Waals surface area contributed by atoms with E-state index in [0.29, 0.717) is 11.3 Å². The smallest absolute Gasteiger partial charge is 0.296 e. The molecule has 0 radical (unpaired) electrons. The summed E-state index contributed by atoms with van der Waals surface area (Å²) in [5.41, 5.74) is 3.37. The molecule has 1 amide bonds. The minimum atomic E-state index is -0.528. The van der Waals surface area contributed by atoms with Gasteiger partial charge in [-0.05, 0) is 31.9 Å². The summed E-state index contributed by atoms with van der Waals surface area (Å²) in [7, 11) is 0. The molecule has 1 aromatic rings. The lowest BCUT2D eigenvalue weighted by molar-refractivity contribution is -0.112. The molecule has 82 valence electrons. The number of hydrogen-bond acceptors (Lipinski definition) is 2. The maximum Gasteiger partial charge on any atom is 0.296 e. The Morgan fingerprint density at radius 1 is 1.31 bits per heavy atom. The third-order valence-electron chi connectivity index (χ3n) is 2.57. The first-order chi connectivity index (χ1) is 7.59. The summed E-state index contributed by atoms with van der Waals surface area (Å²) in [6.45, 7) is 4.04. The second-order valence-corrected chi connectivity index (χ2v) is 4.11. The van der Waals surface area contributed by atoms with Gasteiger partial charge in [0.05, 0.1) is 11.3 Å². The third-order valence-corrected chi connectivity index (χ3v) is 2.57. The van der Waals surface area contributed by atoms with Crippen LogP contribution in [0.2, 0.25) is 0 Å². The monoisotopic (exact) mass is 215 g/mol. The van der Waals surface area contributed by atoms with Crippen molar-refractivity contribution in [1.82, 2.24) is 0 Å². The first kappa shape index (κ1) is 10.6. The SMILES string of the molecule is CC(C)=CCc1cccc2c1NC(=O)C2=O. The van der Waals surface area contributed by atoms with Gasteiger partial charge in [-0.25, -0.2) is 0 Å². The van der Waals surface area contributed by atoms with Crippen LogP contribution < -0.4 is 5.32 Å². The van der Waals surface area contributed by atoms with Crippen LogP contribution in [0.3, 0.4) is 0 Å². The van der Waals surface area contributed by atoms with Crippen molar-refractivity contribution in [3.8, 4) is 0 Å². The van der Waals surface area contributed by atoms with Gasteiger partial charge < -0.3 is 5.32 Å². The Kier molecular flexibility index (Phi) is 2.60. The number of rotatable bonds is 2. The van der Waals surface area contributed by atoms with Crippen molar-refractivity contribution < 1.29 is 9.59 Å². The molecular formula is C13H13NO2. The van der Waals surface area contributed by atoms with Gasteiger partial charge in [-0.3, -0.25) is 9.59 Å². The number of benzene rings is 1. The molecular weight excluding hydrogens is 202 g/mol. The molecule has 1 aromatic carbocycles. The average molecular weight is 215 g/mol. The maximum atomic E-state index is 11.5. The van der Waals surface area contributed by atoms with Crippen molar-refractivity contribution in [1.29, 1.82) is 0 Å². The minimum absolute atomic E-state index is 0.436. The highest BCUT2D eigenvalue weighted by Gasteiger charge is 2.29. The van der Waals surface area contributed by atoms with E-state index in [1.807, 2.05) is 26.0 Å². The number of carbonyl (C=O) groups excluding carboxylic acids is 2. The number of ketones is 1. The highest BCUT2D eigenvalue weighted by atomic mass is 16.2. The molecule has 0 unspecified atom stereocenters. The quantitative estimate of drug-likeness (QED) is 0.608. The molecule has 0 atom stereocenters. The number of hydrogen-bond donors (Lipinski definition) is 1. The summed E-state index contributed by atoms with van der Waals surface area (Å²) >= 11 is 0. The summed E-state index contributed by atoms with van der Waals surface area (Å²) in [6, 6.07) is 5.42. The van der Waals surface area contributed by atoms with Crippen LogP contribution in [-0.2, 0) is 11.2 Å². The third kappa shape index (κ3) is 1.76. The summed E-state index contributed by atoms with van der Waals surface area (Å²) in [5, 5.41) is 2.62. The highest BCUT2D eigenvalue weighted by molar-refractivity contribution is 6.51. The minimum Gasteiger partial charge on any atom is -0.318 e. The molecule has 2 rings (SSSR count). The van der Waals surface area contributed by atoms with Crippen LogP contribution in [0, 0.1) is 0 Å². The van der Waals surface area contributed by atoms with Gasteiger partial charge >= 0.3 is 0 Å². The lowest BCUT2D eigenvalue weighted by Crippen LogP contribution is -2.12. The number of carbonyl (C=O) groups is 2. The van der Waals surface area contributed by atoms with Crippen LogP contribution in [0.4, 0.5) is 5.69 Å². The predicted molar refractivity (Wildman–Crippen MR) is 62.5 cm³/mol. The summed E-state index contributed by atoms with van der Waals surface area (Å²) in [5.74, 6) is -0.964. The van der Waals surface area contributed by atoms with Gasteiger partial charge in [-0.15, -0.1) is 0 Å². The fourth-order valence-corrected chi connectivity index (χ4v) is 1.71. The number of nitrogens with one attached hydrogen (secondary N) is 1. The Bertz CT molecular complexity index is 497. The van der Waals surface area contributed by atoms with Crippen LogP contribution in [0.15, 0.2) is 29.8 Å². The molecule has 1 N–H and O–H groups in total. The van der Waals surface area contributed by atoms with E-state index in [1.165, 1.54) is 5.57 Å². The molecule has 0 bridgehead atoms. The standard InChI is InChI=1S/C13H13NO2/c1-8(2)6-7-9-4-3-5-10-11(9)14-13(16)12(10)15/h3-6H,7H2,1-2H3,(H,14,15,16). The molecule has 1 heterocycles. The first-order valence-electron chi connectivity index (χ1n) is 5.20. The van der Waals surface area contributed by atoms with Crippen molar-refractivity contribution >= 4 is 17.4 Å². The Morgan fingerprint density at radius 2 is 2.06 bits per heavy atom. The van der Waals surface area contributed by atoms with Gasteiger partial charge in [0.2, 0.25) is 0 Å². The van der Waals surface area contributed by atoms with Crippen LogP contribution in [0.25, 0.3) is 0 Å². The zero-order valence-corrected chi connectivity index (χ0v) is 9.33. The topological polar surface area (TPSA) is 46.2 Å². The zero-order chi connectivity index (χ0) is 11.7. The summed E-state index contributed by atoms with van der Waals surface area (Å²) < 4.78 is 0. The van der Waals surface area contributed by atoms with E-state index in [4.69, 9.17) is 0 Å². The number of amides is 1. The van der Waals surface area contributed by atoms with E-state index >= 15 is 0 Å². The van der Waals surface area contributed by atoms with Gasteiger partial charge in [-0.1, -0.05) is 23.8 Å². The molecule has 0 aromatic heterocycles. The summed E-state index contributed by atoms with van der Waals surface area (Å²) in [6.07, 6.45) is 2.81. The number of anilines is 1. The van der Waals surface area contributed by atoms with Gasteiger partial charge in [0, 0.05) is 0 Å². The first-order valence-corrected chi connectivity index (χ1v) is 5.20. The second kappa shape index (κ2) is 3.93. The zero-order valence-electron chi connectivity index (χ0n) is 9.33. The van der Waals surface area contributed by atoms with Crippen LogP contribution in [-0.4, -0.2) is 11.7 Å². The Hall–Kier alpha value is -1.90.